The fraction of sp³-hybridized carbons (Fsp3) is 0.923. The Bertz CT molecular complexity index is 258. The van der Waals surface area contributed by atoms with Crippen LogP contribution in [0.25, 0.3) is 0 Å². The molecule has 0 bridgehead atoms. The highest BCUT2D eigenvalue weighted by molar-refractivity contribution is 14.0. The zero-order valence-electron chi connectivity index (χ0n) is 12.3. The Hall–Kier alpha value is 0.310. The van der Waals surface area contributed by atoms with Crippen LogP contribution in [0.15, 0.2) is 4.99 Å². The van der Waals surface area contributed by atoms with E-state index in [0.29, 0.717) is 4.75 Å². The van der Waals surface area contributed by atoms with Crippen molar-refractivity contribution in [3.05, 3.63) is 0 Å². The number of hydrogen-bond acceptors (Lipinski definition) is 3. The third-order valence-electron chi connectivity index (χ3n) is 3.46. The number of ether oxygens (including phenoxy) is 1. The molecule has 4 nitrogen and oxygen atoms in total. The third kappa shape index (κ3) is 7.04. The summed E-state index contributed by atoms with van der Waals surface area (Å²) in [4.78, 5) is 4.26. The Morgan fingerprint density at radius 1 is 1.32 bits per heavy atom. The number of hydrogen-bond donors (Lipinski definition) is 2. The second-order valence-corrected chi connectivity index (χ2v) is 5.98. The van der Waals surface area contributed by atoms with E-state index >= 15 is 0 Å². The summed E-state index contributed by atoms with van der Waals surface area (Å²) in [5.41, 5.74) is 0. The first kappa shape index (κ1) is 19.3. The van der Waals surface area contributed by atoms with Crippen molar-refractivity contribution in [3.63, 3.8) is 0 Å². The first-order chi connectivity index (χ1) is 8.76. The molecule has 0 amide bonds. The van der Waals surface area contributed by atoms with Gasteiger partial charge in [0.25, 0.3) is 0 Å². The van der Waals surface area contributed by atoms with Gasteiger partial charge in [-0.15, -0.1) is 24.0 Å². The summed E-state index contributed by atoms with van der Waals surface area (Å²) in [6, 6.07) is 0. The second kappa shape index (κ2) is 11.0. The topological polar surface area (TPSA) is 45.7 Å². The van der Waals surface area contributed by atoms with Crippen LogP contribution in [0.5, 0.6) is 0 Å². The molecule has 114 valence electrons. The van der Waals surface area contributed by atoms with Crippen molar-refractivity contribution in [2.24, 2.45) is 4.99 Å². The molecule has 1 aliphatic rings. The summed E-state index contributed by atoms with van der Waals surface area (Å²) in [5, 5.41) is 6.80. The largest absolute Gasteiger partial charge is 0.381 e. The molecular weight excluding hydrogens is 373 g/mol. The Labute approximate surface area is 138 Å². The Morgan fingerprint density at radius 3 is 2.53 bits per heavy atom. The maximum absolute atomic E-state index is 5.45. The van der Waals surface area contributed by atoms with Crippen molar-refractivity contribution in [3.8, 4) is 0 Å². The lowest BCUT2D eigenvalue weighted by Gasteiger charge is -2.36. The van der Waals surface area contributed by atoms with Gasteiger partial charge in [0.2, 0.25) is 0 Å². The predicted octanol–water partition coefficient (Wildman–Crippen LogP) is 2.48. The number of aliphatic imine (C=N–C) groups is 1. The molecule has 0 aromatic rings. The van der Waals surface area contributed by atoms with Crippen molar-refractivity contribution in [2.75, 3.05) is 39.6 Å². The Morgan fingerprint density at radius 2 is 2.00 bits per heavy atom. The van der Waals surface area contributed by atoms with E-state index in [2.05, 4.69) is 28.8 Å². The number of thioether (sulfide) groups is 1. The zero-order chi connectivity index (χ0) is 13.3. The molecule has 0 aromatic heterocycles. The van der Waals surface area contributed by atoms with Gasteiger partial charge in [0.05, 0.1) is 0 Å². The minimum absolute atomic E-state index is 0. The van der Waals surface area contributed by atoms with Gasteiger partial charge in [0, 0.05) is 38.1 Å². The first-order valence-electron chi connectivity index (χ1n) is 6.84. The van der Waals surface area contributed by atoms with E-state index in [-0.39, 0.29) is 24.0 Å². The summed E-state index contributed by atoms with van der Waals surface area (Å²) in [5.74, 6) is 0.920. The van der Waals surface area contributed by atoms with Crippen molar-refractivity contribution < 1.29 is 4.74 Å². The van der Waals surface area contributed by atoms with Crippen LogP contribution in [0, 0.1) is 0 Å². The fourth-order valence-corrected chi connectivity index (χ4v) is 2.84. The molecular formula is C13H28IN3OS. The Balaban J connectivity index is 0.00000324. The van der Waals surface area contributed by atoms with Gasteiger partial charge in [-0.2, -0.15) is 11.8 Å². The minimum atomic E-state index is 0. The molecule has 0 aliphatic carbocycles. The monoisotopic (exact) mass is 401 g/mol. The molecule has 0 spiro atoms. The van der Waals surface area contributed by atoms with Crippen LogP contribution in [0.1, 0.15) is 32.6 Å². The van der Waals surface area contributed by atoms with E-state index in [4.69, 9.17) is 4.74 Å². The number of nitrogens with zero attached hydrogens (tertiary/aromatic N) is 1. The quantitative estimate of drug-likeness (QED) is 0.311. The molecule has 1 heterocycles. The summed E-state index contributed by atoms with van der Waals surface area (Å²) in [6.07, 6.45) is 6.82. The van der Waals surface area contributed by atoms with Crippen LogP contribution in [0.2, 0.25) is 0 Å². The summed E-state index contributed by atoms with van der Waals surface area (Å²) >= 11 is 1.95. The van der Waals surface area contributed by atoms with Crippen molar-refractivity contribution >= 4 is 41.7 Å². The van der Waals surface area contributed by atoms with Gasteiger partial charge in [-0.1, -0.05) is 13.3 Å². The summed E-state index contributed by atoms with van der Waals surface area (Å²) in [7, 11) is 1.83. The number of rotatable bonds is 6. The molecule has 0 radical (unpaired) electrons. The fourth-order valence-electron chi connectivity index (χ4n) is 2.05. The number of guanidine groups is 1. The van der Waals surface area contributed by atoms with Gasteiger partial charge in [-0.25, -0.2) is 0 Å². The SMILES string of the molecule is CCCCNC(=NC)NCC1(SC)CCOCC1.I. The molecule has 0 aromatic carbocycles. The summed E-state index contributed by atoms with van der Waals surface area (Å²) in [6.45, 7) is 5.91. The Kier molecular flexibility index (Phi) is 11.2. The van der Waals surface area contributed by atoms with E-state index in [1.807, 2.05) is 18.8 Å². The standard InChI is InChI=1S/C13H27N3OS.HI/c1-4-5-8-15-12(14-2)16-11-13(18-3)6-9-17-10-7-13;/h4-11H2,1-3H3,(H2,14,15,16);1H. The van der Waals surface area contributed by atoms with Gasteiger partial charge in [-0.3, -0.25) is 4.99 Å². The predicted molar refractivity (Wildman–Crippen MR) is 96.0 cm³/mol. The number of nitrogens with one attached hydrogen (secondary N) is 2. The van der Waals surface area contributed by atoms with E-state index in [1.54, 1.807) is 0 Å². The average Bonchev–Trinajstić information content (AvgIpc) is 2.43. The van der Waals surface area contributed by atoms with E-state index in [0.717, 1.165) is 45.1 Å². The van der Waals surface area contributed by atoms with Gasteiger partial charge in [0.15, 0.2) is 5.96 Å². The van der Waals surface area contributed by atoms with Crippen LogP contribution in [0.4, 0.5) is 0 Å². The molecule has 1 saturated heterocycles. The van der Waals surface area contributed by atoms with Gasteiger partial charge >= 0.3 is 0 Å². The molecule has 0 unspecified atom stereocenters. The lowest BCUT2D eigenvalue weighted by Crippen LogP contribution is -2.48. The number of halogens is 1. The molecule has 1 aliphatic heterocycles. The van der Waals surface area contributed by atoms with Crippen LogP contribution < -0.4 is 10.6 Å². The molecule has 1 fully saturated rings. The normalized spacial score (nSPS) is 18.6. The minimum Gasteiger partial charge on any atom is -0.381 e. The molecule has 2 N–H and O–H groups in total. The number of unbranched alkanes of at least 4 members (excludes halogenated alkanes) is 1. The summed E-state index contributed by atoms with van der Waals surface area (Å²) < 4.78 is 5.76. The third-order valence-corrected chi connectivity index (χ3v) is 4.88. The van der Waals surface area contributed by atoms with Gasteiger partial charge < -0.3 is 15.4 Å². The zero-order valence-corrected chi connectivity index (χ0v) is 15.5. The highest BCUT2D eigenvalue weighted by atomic mass is 127. The van der Waals surface area contributed by atoms with E-state index < -0.39 is 0 Å². The van der Waals surface area contributed by atoms with Crippen LogP contribution >= 0.6 is 35.7 Å². The maximum atomic E-state index is 5.45. The highest BCUT2D eigenvalue weighted by Crippen LogP contribution is 2.32. The maximum Gasteiger partial charge on any atom is 0.191 e. The van der Waals surface area contributed by atoms with Crippen LogP contribution in [-0.4, -0.2) is 50.3 Å². The van der Waals surface area contributed by atoms with Crippen molar-refractivity contribution in [2.45, 2.75) is 37.4 Å². The molecule has 6 heteroatoms. The van der Waals surface area contributed by atoms with Gasteiger partial charge in [-0.05, 0) is 25.5 Å². The lowest BCUT2D eigenvalue weighted by atomic mass is 9.99. The van der Waals surface area contributed by atoms with Gasteiger partial charge in [0.1, 0.15) is 0 Å². The molecule has 0 saturated carbocycles. The van der Waals surface area contributed by atoms with E-state index in [1.165, 1.54) is 12.8 Å². The van der Waals surface area contributed by atoms with E-state index in [9.17, 15) is 0 Å². The van der Waals surface area contributed by atoms with Crippen molar-refractivity contribution in [1.29, 1.82) is 0 Å². The molecule has 1 rings (SSSR count). The average molecular weight is 401 g/mol. The smallest absolute Gasteiger partial charge is 0.191 e. The highest BCUT2D eigenvalue weighted by Gasteiger charge is 2.31. The van der Waals surface area contributed by atoms with Crippen molar-refractivity contribution in [1.82, 2.24) is 10.6 Å². The second-order valence-electron chi connectivity index (χ2n) is 4.71. The molecule has 0 atom stereocenters. The lowest BCUT2D eigenvalue weighted by molar-refractivity contribution is 0.0783. The van der Waals surface area contributed by atoms with Crippen LogP contribution in [0.3, 0.4) is 0 Å². The molecule has 19 heavy (non-hydrogen) atoms. The van der Waals surface area contributed by atoms with Crippen LogP contribution in [-0.2, 0) is 4.74 Å². The first-order valence-corrected chi connectivity index (χ1v) is 8.06.